The number of nitrogens with one attached hydrogen (secondary N) is 2. The maximum absolute atomic E-state index is 13.3. The van der Waals surface area contributed by atoms with Gasteiger partial charge in [0.05, 0.1) is 32.0 Å². The van der Waals surface area contributed by atoms with Gasteiger partial charge in [0.15, 0.2) is 5.82 Å². The van der Waals surface area contributed by atoms with E-state index in [1.165, 1.54) is 29.2 Å². The maximum atomic E-state index is 13.3. The van der Waals surface area contributed by atoms with Gasteiger partial charge < -0.3 is 10.6 Å². The lowest BCUT2D eigenvalue weighted by atomic mass is 10.1. The molecular formula is C21H17BrCl3N5O2. The summed E-state index contributed by atoms with van der Waals surface area (Å²) in [5.41, 5.74) is 0.448. The van der Waals surface area contributed by atoms with Crippen molar-refractivity contribution in [1.82, 2.24) is 20.1 Å². The molecule has 0 saturated heterocycles. The molecule has 2 heterocycles. The van der Waals surface area contributed by atoms with Crippen molar-refractivity contribution < 1.29 is 9.59 Å². The fraction of sp³-hybridized carbons (Fsp3) is 0.238. The Morgan fingerprint density at radius 1 is 1.19 bits per heavy atom. The van der Waals surface area contributed by atoms with E-state index in [9.17, 15) is 9.59 Å². The van der Waals surface area contributed by atoms with Crippen molar-refractivity contribution in [1.29, 1.82) is 0 Å². The van der Waals surface area contributed by atoms with Crippen LogP contribution in [0.2, 0.25) is 15.1 Å². The number of nitrogens with zero attached hydrogens (tertiary/aromatic N) is 3. The van der Waals surface area contributed by atoms with E-state index in [1.54, 1.807) is 12.1 Å². The lowest BCUT2D eigenvalue weighted by Crippen LogP contribution is -2.34. The molecule has 1 fully saturated rings. The van der Waals surface area contributed by atoms with Gasteiger partial charge in [-0.1, -0.05) is 34.8 Å². The van der Waals surface area contributed by atoms with Crippen LogP contribution in [0.5, 0.6) is 0 Å². The fourth-order valence-electron chi connectivity index (χ4n) is 3.28. The molecule has 4 rings (SSSR count). The third kappa shape index (κ3) is 4.78. The summed E-state index contributed by atoms with van der Waals surface area (Å²) in [4.78, 5) is 30.4. The maximum Gasteiger partial charge on any atom is 0.275 e. The number of pyridine rings is 1. The minimum Gasteiger partial charge on any atom is -0.349 e. The summed E-state index contributed by atoms with van der Waals surface area (Å²) >= 11 is 22.1. The first-order valence-electron chi connectivity index (χ1n) is 9.72. The van der Waals surface area contributed by atoms with Crippen LogP contribution in [0.3, 0.4) is 0 Å². The molecule has 3 aromatic rings. The molecule has 0 spiro atoms. The van der Waals surface area contributed by atoms with Gasteiger partial charge in [-0.15, -0.1) is 0 Å². The van der Waals surface area contributed by atoms with Gasteiger partial charge in [-0.25, -0.2) is 9.67 Å². The largest absolute Gasteiger partial charge is 0.349 e. The molecule has 7 nitrogen and oxygen atoms in total. The van der Waals surface area contributed by atoms with Gasteiger partial charge in [0.1, 0.15) is 5.69 Å². The normalized spacial score (nSPS) is 14.2. The van der Waals surface area contributed by atoms with Crippen LogP contribution in [-0.4, -0.2) is 32.6 Å². The molecule has 32 heavy (non-hydrogen) atoms. The molecule has 1 unspecified atom stereocenters. The van der Waals surface area contributed by atoms with Crippen molar-refractivity contribution >= 4 is 68.2 Å². The summed E-state index contributed by atoms with van der Waals surface area (Å²) in [6.45, 7) is 1.95. The Morgan fingerprint density at radius 2 is 1.94 bits per heavy atom. The SMILES string of the molecule is CC(NC(=O)c1cc(Cl)cc(Cl)c1NC(=O)c1c(Br)cnn1-c1ncccc1Cl)C1CC1. The minimum atomic E-state index is -0.565. The molecule has 1 aromatic carbocycles. The molecule has 2 amide bonds. The molecular weight excluding hydrogens is 541 g/mol. The minimum absolute atomic E-state index is 0.00526. The van der Waals surface area contributed by atoms with E-state index in [1.807, 2.05) is 6.92 Å². The van der Waals surface area contributed by atoms with Gasteiger partial charge in [-0.2, -0.15) is 5.10 Å². The molecule has 1 saturated carbocycles. The zero-order valence-electron chi connectivity index (χ0n) is 16.7. The molecule has 0 radical (unpaired) electrons. The molecule has 0 aliphatic heterocycles. The summed E-state index contributed by atoms with van der Waals surface area (Å²) in [7, 11) is 0. The van der Waals surface area contributed by atoms with Gasteiger partial charge in [-0.3, -0.25) is 9.59 Å². The van der Waals surface area contributed by atoms with Gasteiger partial charge in [0.2, 0.25) is 0 Å². The summed E-state index contributed by atoms with van der Waals surface area (Å²) in [5, 5.41) is 10.6. The number of hydrogen-bond acceptors (Lipinski definition) is 4. The Labute approximate surface area is 207 Å². The zero-order valence-corrected chi connectivity index (χ0v) is 20.6. The third-order valence-corrected chi connectivity index (χ3v) is 6.50. The molecule has 1 aliphatic rings. The first kappa shape index (κ1) is 23.0. The average molecular weight is 558 g/mol. The molecule has 166 valence electrons. The Morgan fingerprint density at radius 3 is 2.62 bits per heavy atom. The van der Waals surface area contributed by atoms with Gasteiger partial charge in [0.25, 0.3) is 11.8 Å². The van der Waals surface area contributed by atoms with Gasteiger partial charge in [0, 0.05) is 17.3 Å². The monoisotopic (exact) mass is 555 g/mol. The summed E-state index contributed by atoms with van der Waals surface area (Å²) < 4.78 is 1.72. The second kappa shape index (κ2) is 9.39. The van der Waals surface area contributed by atoms with E-state index in [2.05, 4.69) is 36.6 Å². The molecule has 1 aliphatic carbocycles. The molecule has 1 atom stereocenters. The van der Waals surface area contributed by atoms with E-state index < -0.39 is 5.91 Å². The highest BCUT2D eigenvalue weighted by Crippen LogP contribution is 2.34. The summed E-state index contributed by atoms with van der Waals surface area (Å²) in [6, 6.07) is 6.25. The Hall–Kier alpha value is -2.13. The predicted octanol–water partition coefficient (Wildman–Crippen LogP) is 5.77. The lowest BCUT2D eigenvalue weighted by molar-refractivity contribution is 0.0936. The first-order chi connectivity index (χ1) is 15.3. The quantitative estimate of drug-likeness (QED) is 0.403. The van der Waals surface area contributed by atoms with Crippen LogP contribution in [0, 0.1) is 5.92 Å². The van der Waals surface area contributed by atoms with E-state index >= 15 is 0 Å². The second-order valence-corrected chi connectivity index (χ2v) is 9.53. The topological polar surface area (TPSA) is 88.9 Å². The molecule has 2 N–H and O–H groups in total. The number of rotatable bonds is 6. The van der Waals surface area contributed by atoms with E-state index in [0.717, 1.165) is 12.8 Å². The lowest BCUT2D eigenvalue weighted by Gasteiger charge is -2.17. The van der Waals surface area contributed by atoms with Crippen LogP contribution in [0.15, 0.2) is 41.1 Å². The number of carbonyl (C=O) groups is 2. The number of hydrogen-bond donors (Lipinski definition) is 2. The number of amides is 2. The Bertz CT molecular complexity index is 1210. The molecule has 0 bridgehead atoms. The number of halogens is 4. The highest BCUT2D eigenvalue weighted by Gasteiger charge is 2.30. The van der Waals surface area contributed by atoms with Crippen molar-refractivity contribution in [3.63, 3.8) is 0 Å². The van der Waals surface area contributed by atoms with E-state index in [4.69, 9.17) is 34.8 Å². The van der Waals surface area contributed by atoms with Crippen molar-refractivity contribution in [2.75, 3.05) is 5.32 Å². The van der Waals surface area contributed by atoms with Gasteiger partial charge in [-0.05, 0) is 65.9 Å². The molecule has 11 heteroatoms. The zero-order chi connectivity index (χ0) is 23.0. The Kier molecular flexibility index (Phi) is 6.76. The van der Waals surface area contributed by atoms with Crippen LogP contribution in [0.1, 0.15) is 40.6 Å². The third-order valence-electron chi connectivity index (χ3n) is 5.11. The van der Waals surface area contributed by atoms with E-state index in [0.29, 0.717) is 15.4 Å². The second-order valence-electron chi connectivity index (χ2n) is 7.43. The summed E-state index contributed by atoms with van der Waals surface area (Å²) in [5.74, 6) is -0.197. The Balaban J connectivity index is 1.68. The van der Waals surface area contributed by atoms with Crippen LogP contribution in [-0.2, 0) is 0 Å². The highest BCUT2D eigenvalue weighted by molar-refractivity contribution is 9.10. The smallest absolute Gasteiger partial charge is 0.275 e. The highest BCUT2D eigenvalue weighted by atomic mass is 79.9. The molecule has 2 aromatic heterocycles. The number of aromatic nitrogens is 3. The van der Waals surface area contributed by atoms with E-state index in [-0.39, 0.29) is 44.8 Å². The average Bonchev–Trinajstić information content (AvgIpc) is 3.52. The van der Waals surface area contributed by atoms with Gasteiger partial charge >= 0.3 is 0 Å². The van der Waals surface area contributed by atoms with Crippen LogP contribution < -0.4 is 10.6 Å². The number of carbonyl (C=O) groups excluding carboxylic acids is 2. The van der Waals surface area contributed by atoms with Crippen LogP contribution in [0.25, 0.3) is 5.82 Å². The van der Waals surface area contributed by atoms with Crippen molar-refractivity contribution in [2.24, 2.45) is 5.92 Å². The standard InChI is InChI=1S/C21H17BrCl3N5O2/c1-10(11-4-5-11)28-20(31)13-7-12(23)8-16(25)17(13)29-21(32)18-14(22)9-27-30(18)19-15(24)3-2-6-26-19/h2-3,6-11H,4-5H2,1H3,(H,28,31)(H,29,32). The summed E-state index contributed by atoms with van der Waals surface area (Å²) in [6.07, 6.45) is 5.15. The van der Waals surface area contributed by atoms with Crippen LogP contribution in [0.4, 0.5) is 5.69 Å². The predicted molar refractivity (Wildman–Crippen MR) is 128 cm³/mol. The van der Waals surface area contributed by atoms with Crippen molar-refractivity contribution in [2.45, 2.75) is 25.8 Å². The number of anilines is 1. The van der Waals surface area contributed by atoms with Crippen molar-refractivity contribution in [3.05, 3.63) is 67.5 Å². The fourth-order valence-corrected chi connectivity index (χ4v) is 4.46. The van der Waals surface area contributed by atoms with Crippen LogP contribution >= 0.6 is 50.7 Å². The van der Waals surface area contributed by atoms with Crippen molar-refractivity contribution in [3.8, 4) is 5.82 Å². The number of benzene rings is 1. The first-order valence-corrected chi connectivity index (χ1v) is 11.6.